The van der Waals surface area contributed by atoms with Crippen LogP contribution >= 0.6 is 7.82 Å². The van der Waals surface area contributed by atoms with Gasteiger partial charge in [0.05, 0.1) is 12.2 Å². The van der Waals surface area contributed by atoms with Crippen LogP contribution in [0, 0.1) is 107 Å². The highest BCUT2D eigenvalue weighted by atomic mass is 31.2. The molecule has 6 nitrogen and oxygen atoms in total. The summed E-state index contributed by atoms with van der Waals surface area (Å²) in [5, 5.41) is 2.68. The van der Waals surface area contributed by atoms with Gasteiger partial charge in [0.15, 0.2) is 0 Å². The van der Waals surface area contributed by atoms with Gasteiger partial charge < -0.3 is 19.3 Å². The second-order valence-corrected chi connectivity index (χ2v) is 9.72. The average Bonchev–Trinajstić information content (AvgIpc) is 3.14. The lowest BCUT2D eigenvalue weighted by molar-refractivity contribution is -0.219. The van der Waals surface area contributed by atoms with Crippen molar-refractivity contribution in [3.63, 3.8) is 0 Å². The Bertz CT molecular complexity index is 2700. The molecule has 0 aliphatic heterocycles. The molecule has 0 aromatic rings. The Morgan fingerprint density at radius 3 is 1.47 bits per heavy atom. The molecule has 0 bridgehead atoms. The molecule has 1 N–H and O–H groups in total. The summed E-state index contributed by atoms with van der Waals surface area (Å²) in [5.74, 6) is 42.1. The van der Waals surface area contributed by atoms with Crippen LogP contribution in [-0.4, -0.2) is 19.1 Å². The first-order valence-corrected chi connectivity index (χ1v) is 16.4. The third kappa shape index (κ3) is 36.4. The van der Waals surface area contributed by atoms with Gasteiger partial charge in [-0.2, -0.15) is 0 Å². The lowest BCUT2D eigenvalue weighted by Gasteiger charge is -2.18. The number of rotatable bonds is 10. The summed E-state index contributed by atoms with van der Waals surface area (Å²) in [4.78, 5) is 22.4. The summed E-state index contributed by atoms with van der Waals surface area (Å²) < 4.78 is 20.7. The molecule has 0 saturated carbocycles. The topological polar surface area (TPSA) is 87.7 Å². The lowest BCUT2D eigenvalue weighted by atomic mass is 10.2. The molecule has 0 radical (unpaired) electrons. The number of phosphoric acid groups is 1. The first-order chi connectivity index (χ1) is 25.9. The Balaban J connectivity index is 4.91. The molecule has 0 rings (SSSR count). The Kier molecular flexibility index (Phi) is 29.5. The van der Waals surface area contributed by atoms with E-state index in [2.05, 4.69) is 209 Å². The van der Waals surface area contributed by atoms with Crippen LogP contribution in [0.1, 0.15) is 46.0 Å². The van der Waals surface area contributed by atoms with Crippen molar-refractivity contribution in [2.45, 2.75) is 46.0 Å². The van der Waals surface area contributed by atoms with E-state index in [-0.39, 0.29) is 12.5 Å². The minimum atomic E-state index is -4.55. The molecule has 7 heteroatoms. The van der Waals surface area contributed by atoms with E-state index in [9.17, 15) is 14.3 Å². The SMILES string of the molecule is C=C=C=C=C=C=C=C=C=C=C=C=C=C=C=C=C=C(C#CC#CC#CC#CC#CC#CC#CC#CC#COP(=O)([O-])OCCCCCCNC(C)=O)CC. The molecule has 0 saturated heterocycles. The van der Waals surface area contributed by atoms with Gasteiger partial charge in [-0.1, -0.05) is 25.5 Å². The van der Waals surface area contributed by atoms with E-state index < -0.39 is 7.82 Å². The molecular formula is C46H23NO5P-. The normalized spacial score (nSPS) is 7.45. The molecule has 248 valence electrons. The summed E-state index contributed by atoms with van der Waals surface area (Å²) in [5.41, 5.74) is 41.2. The van der Waals surface area contributed by atoms with Crippen LogP contribution < -0.4 is 10.2 Å². The van der Waals surface area contributed by atoms with Crippen LogP contribution in [-0.2, 0) is 18.4 Å². The number of allylic oxidation sites excluding steroid dienone is 1. The summed E-state index contributed by atoms with van der Waals surface area (Å²) in [7, 11) is -4.55. The van der Waals surface area contributed by atoms with Crippen LogP contribution in [0.15, 0.2) is 104 Å². The fourth-order valence-electron chi connectivity index (χ4n) is 2.43. The van der Waals surface area contributed by atoms with Crippen LogP contribution in [0.25, 0.3) is 0 Å². The van der Waals surface area contributed by atoms with Crippen LogP contribution in [0.2, 0.25) is 0 Å². The van der Waals surface area contributed by atoms with Gasteiger partial charge in [0, 0.05) is 60.8 Å². The lowest BCUT2D eigenvalue weighted by Crippen LogP contribution is -2.20. The minimum absolute atomic E-state index is 0.0286. The van der Waals surface area contributed by atoms with Crippen LogP contribution in [0.5, 0.6) is 0 Å². The fourth-order valence-corrected chi connectivity index (χ4v) is 2.99. The molecule has 0 fully saturated rings. The van der Waals surface area contributed by atoms with E-state index in [1.165, 1.54) is 6.92 Å². The largest absolute Gasteiger partial charge is 0.746 e. The number of carbonyl (C=O) groups is 1. The first kappa shape index (κ1) is 44.7. The van der Waals surface area contributed by atoms with E-state index in [1.807, 2.05) is 13.0 Å². The smallest absolute Gasteiger partial charge is 0.328 e. The first-order valence-electron chi connectivity index (χ1n) is 14.9. The van der Waals surface area contributed by atoms with Crippen LogP contribution in [0.4, 0.5) is 0 Å². The van der Waals surface area contributed by atoms with Crippen molar-refractivity contribution in [2.75, 3.05) is 13.2 Å². The number of carbonyl (C=O) groups excluding carboxylic acids is 1. The van der Waals surface area contributed by atoms with E-state index in [4.69, 9.17) is 4.52 Å². The molecule has 0 aromatic carbocycles. The molecule has 0 spiro atoms. The molecule has 0 heterocycles. The number of hydrogen-bond acceptors (Lipinski definition) is 5. The van der Waals surface area contributed by atoms with Gasteiger partial charge >= 0.3 is 7.82 Å². The number of unbranched alkanes of at least 4 members (excludes halogenated alkanes) is 3. The molecule has 0 aliphatic carbocycles. The molecule has 1 unspecified atom stereocenters. The zero-order valence-corrected chi connectivity index (χ0v) is 29.5. The van der Waals surface area contributed by atoms with Crippen molar-refractivity contribution < 1.29 is 23.3 Å². The van der Waals surface area contributed by atoms with Crippen molar-refractivity contribution in [1.29, 1.82) is 0 Å². The van der Waals surface area contributed by atoms with Gasteiger partial charge in [0.2, 0.25) is 5.91 Å². The fraction of sp³-hybridized carbons (Fsp3) is 0.196. The Labute approximate surface area is 311 Å². The van der Waals surface area contributed by atoms with E-state index in [1.54, 1.807) is 0 Å². The molecule has 0 aliphatic rings. The van der Waals surface area contributed by atoms with E-state index in [0.29, 0.717) is 25.0 Å². The zero-order chi connectivity index (χ0) is 38.8. The predicted molar refractivity (Wildman–Crippen MR) is 197 cm³/mol. The standard InChI is InChI=1S/C46H24NO5P/c1-4-6-7-8-9-10-11-12-15-18-21-24-27-30-35-40-46(5-2)41-36-31-28-25-22-19-16-13-14-17-20-23-26-29-33-38-43-51-53(49,50)52-44-39-34-32-37-42-47-45(3)48/h1,5,32,34,37,39,42,44H2,2-3H3,(H,47,48)(H,49,50)/p-1. The molecule has 53 heavy (non-hydrogen) atoms. The maximum Gasteiger partial charge on any atom is 0.328 e. The monoisotopic (exact) mass is 700 g/mol. The third-order valence-corrected chi connectivity index (χ3v) is 5.34. The van der Waals surface area contributed by atoms with Crippen molar-refractivity contribution in [1.82, 2.24) is 5.32 Å². The molecule has 0 aromatic heterocycles. The summed E-state index contributed by atoms with van der Waals surface area (Å²) in [6.07, 6.45) is 5.43. The zero-order valence-electron chi connectivity index (χ0n) is 28.6. The summed E-state index contributed by atoms with van der Waals surface area (Å²) in [6.45, 7) is 7.22. The van der Waals surface area contributed by atoms with Crippen molar-refractivity contribution in [2.24, 2.45) is 0 Å². The van der Waals surface area contributed by atoms with Gasteiger partial charge in [0.25, 0.3) is 0 Å². The van der Waals surface area contributed by atoms with Crippen molar-refractivity contribution in [3.8, 4) is 107 Å². The van der Waals surface area contributed by atoms with Crippen molar-refractivity contribution >= 4 is 13.7 Å². The Morgan fingerprint density at radius 2 is 1.02 bits per heavy atom. The highest BCUT2D eigenvalue weighted by molar-refractivity contribution is 7.46. The van der Waals surface area contributed by atoms with E-state index >= 15 is 0 Å². The van der Waals surface area contributed by atoms with Crippen molar-refractivity contribution in [3.05, 3.63) is 104 Å². The molecule has 1 atom stereocenters. The van der Waals surface area contributed by atoms with E-state index in [0.717, 1.165) is 19.3 Å². The third-order valence-electron chi connectivity index (χ3n) is 4.52. The van der Waals surface area contributed by atoms with Gasteiger partial charge in [-0.05, 0) is 165 Å². The van der Waals surface area contributed by atoms with Gasteiger partial charge in [-0.15, -0.1) is 0 Å². The Hall–Kier alpha value is -8.32. The minimum Gasteiger partial charge on any atom is -0.746 e. The molecule has 1 amide bonds. The number of phosphoric ester groups is 1. The molecular weight excluding hydrogens is 677 g/mol. The Morgan fingerprint density at radius 1 is 0.604 bits per heavy atom. The number of amides is 1. The van der Waals surface area contributed by atoms with Gasteiger partial charge in [-0.3, -0.25) is 9.36 Å². The average molecular weight is 701 g/mol. The maximum absolute atomic E-state index is 11.6. The van der Waals surface area contributed by atoms with Crippen LogP contribution in [0.3, 0.4) is 0 Å². The number of nitrogens with one attached hydrogen (secondary N) is 1. The maximum atomic E-state index is 11.6. The second kappa shape index (κ2) is 35.0. The van der Waals surface area contributed by atoms with Gasteiger partial charge in [-0.25, -0.2) is 0 Å². The predicted octanol–water partition coefficient (Wildman–Crippen LogP) is 4.62. The highest BCUT2D eigenvalue weighted by Crippen LogP contribution is 2.37. The summed E-state index contributed by atoms with van der Waals surface area (Å²) >= 11 is 0. The summed E-state index contributed by atoms with van der Waals surface area (Å²) in [6, 6.07) is 0. The van der Waals surface area contributed by atoms with Gasteiger partial charge in [0.1, 0.15) is 6.11 Å². The number of hydrogen-bond donors (Lipinski definition) is 1. The second-order valence-electron chi connectivity index (χ2n) is 8.38. The highest BCUT2D eigenvalue weighted by Gasteiger charge is 2.07. The quantitative estimate of drug-likeness (QED) is 0.156.